The van der Waals surface area contributed by atoms with Gasteiger partial charge >= 0.3 is 5.92 Å². The molecule has 4 radical (unpaired) electrons. The van der Waals surface area contributed by atoms with E-state index in [0.717, 1.165) is 17.0 Å². The lowest BCUT2D eigenvalue weighted by Crippen LogP contribution is -2.66. The van der Waals surface area contributed by atoms with Crippen LogP contribution < -0.4 is 10.6 Å². The number of imide groups is 1. The summed E-state index contributed by atoms with van der Waals surface area (Å²) in [5.74, 6) is -8.40. The minimum Gasteiger partial charge on any atom is -0.346 e. The summed E-state index contributed by atoms with van der Waals surface area (Å²) in [5, 5.41) is 4.55. The van der Waals surface area contributed by atoms with Gasteiger partial charge in [-0.1, -0.05) is 35.9 Å². The summed E-state index contributed by atoms with van der Waals surface area (Å²) in [4.78, 5) is 50.2. The van der Waals surface area contributed by atoms with Gasteiger partial charge in [0.1, 0.15) is 7.85 Å². The highest BCUT2D eigenvalue weighted by atomic mass is 35.5. The Morgan fingerprint density at radius 1 is 1.21 bits per heavy atom. The number of halogens is 3. The number of nitrogens with one attached hydrogen (secondary N) is 2. The molecular weight excluding hydrogens is 465 g/mol. The fraction of sp³-hybridized carbons (Fsp3) is 0.273. The van der Waals surface area contributed by atoms with Crippen LogP contribution in [0, 0.1) is 0 Å². The molecule has 0 bridgehead atoms. The van der Waals surface area contributed by atoms with Gasteiger partial charge in [0.15, 0.2) is 0 Å². The molecule has 0 aromatic heterocycles. The Hall–Kier alpha value is -3.20. The first-order chi connectivity index (χ1) is 15.9. The monoisotopic (exact) mass is 481 g/mol. The zero-order valence-corrected chi connectivity index (χ0v) is 18.4. The molecule has 170 valence electrons. The molecule has 2 atom stereocenters. The molecule has 0 spiro atoms. The highest BCUT2D eigenvalue weighted by Crippen LogP contribution is 2.37. The number of rotatable bonds is 5. The standard InChI is InChI=1S/C22H16B2ClF2N3O4/c23-16-8-17(31)29-19(33)21(16,24)30-10-12-7-11(1-6-15(12)18(30)32)9-28-20(34)22(26,27)13-2-4-14(25)5-3-13/h1-7,16H,8-10H2,(H,28,34)(H,29,31,33)/t16?,21-/m0/s1. The van der Waals surface area contributed by atoms with Crippen molar-refractivity contribution < 1.29 is 28.0 Å². The van der Waals surface area contributed by atoms with Crippen LogP contribution in [0.4, 0.5) is 8.78 Å². The van der Waals surface area contributed by atoms with Gasteiger partial charge in [-0.25, -0.2) is 0 Å². The Morgan fingerprint density at radius 3 is 2.53 bits per heavy atom. The summed E-state index contributed by atoms with van der Waals surface area (Å²) in [6.45, 7) is -0.311. The van der Waals surface area contributed by atoms with E-state index in [1.54, 1.807) is 6.07 Å². The summed E-state index contributed by atoms with van der Waals surface area (Å²) in [6, 6.07) is 9.17. The summed E-state index contributed by atoms with van der Waals surface area (Å²) in [6.07, 6.45) is -0.235. The smallest absolute Gasteiger partial charge is 0.346 e. The molecule has 2 aromatic rings. The van der Waals surface area contributed by atoms with Crippen molar-refractivity contribution in [1.82, 2.24) is 15.5 Å². The van der Waals surface area contributed by atoms with Gasteiger partial charge in [-0.05, 0) is 35.1 Å². The van der Waals surface area contributed by atoms with Gasteiger partial charge in [-0.15, -0.1) is 0 Å². The first kappa shape index (κ1) is 23.9. The molecule has 2 N–H and O–H groups in total. The molecule has 0 saturated carbocycles. The van der Waals surface area contributed by atoms with Crippen LogP contribution in [0.15, 0.2) is 42.5 Å². The van der Waals surface area contributed by atoms with Gasteiger partial charge in [0.25, 0.3) is 11.8 Å². The van der Waals surface area contributed by atoms with Crippen LogP contribution in [0.3, 0.4) is 0 Å². The number of amides is 4. The normalized spacial score (nSPS) is 22.4. The number of nitrogens with zero attached hydrogens (tertiary/aromatic N) is 1. The van der Waals surface area contributed by atoms with Crippen molar-refractivity contribution in [1.29, 1.82) is 0 Å². The van der Waals surface area contributed by atoms with Crippen LogP contribution in [0.25, 0.3) is 0 Å². The van der Waals surface area contributed by atoms with Crippen LogP contribution in [0.2, 0.25) is 10.8 Å². The highest BCUT2D eigenvalue weighted by molar-refractivity contribution is 6.38. The molecule has 7 nitrogen and oxygen atoms in total. The second-order valence-corrected chi connectivity index (χ2v) is 8.60. The number of piperidine rings is 1. The quantitative estimate of drug-likeness (QED) is 0.501. The lowest BCUT2D eigenvalue weighted by molar-refractivity contribution is -0.147. The van der Waals surface area contributed by atoms with E-state index < -0.39 is 46.4 Å². The van der Waals surface area contributed by atoms with Crippen LogP contribution in [0.1, 0.15) is 33.5 Å². The van der Waals surface area contributed by atoms with Crippen molar-refractivity contribution >= 4 is 50.9 Å². The third kappa shape index (κ3) is 3.98. The van der Waals surface area contributed by atoms with E-state index in [1.165, 1.54) is 24.3 Å². The number of carbonyl (C=O) groups excluding carboxylic acids is 4. The summed E-state index contributed by atoms with van der Waals surface area (Å²) in [7, 11) is 12.2. The highest BCUT2D eigenvalue weighted by Gasteiger charge is 2.51. The molecule has 4 rings (SSSR count). The van der Waals surface area contributed by atoms with Gasteiger partial charge < -0.3 is 10.2 Å². The second-order valence-electron chi connectivity index (χ2n) is 8.16. The van der Waals surface area contributed by atoms with E-state index in [-0.39, 0.29) is 30.1 Å². The van der Waals surface area contributed by atoms with E-state index in [4.69, 9.17) is 27.3 Å². The van der Waals surface area contributed by atoms with Crippen molar-refractivity contribution in [3.8, 4) is 0 Å². The van der Waals surface area contributed by atoms with E-state index >= 15 is 0 Å². The molecule has 1 unspecified atom stereocenters. The van der Waals surface area contributed by atoms with Gasteiger partial charge in [-0.2, -0.15) is 8.78 Å². The van der Waals surface area contributed by atoms with Gasteiger partial charge in [0.05, 0.1) is 13.3 Å². The predicted octanol–water partition coefficient (Wildman–Crippen LogP) is 1.57. The Morgan fingerprint density at radius 2 is 1.88 bits per heavy atom. The maximum absolute atomic E-state index is 14.5. The molecule has 2 aromatic carbocycles. The molecule has 4 amide bonds. The molecular formula is C22H16B2ClF2N3O4. The van der Waals surface area contributed by atoms with Crippen molar-refractivity contribution in [2.75, 3.05) is 0 Å². The maximum Gasteiger partial charge on any atom is 0.349 e. The van der Waals surface area contributed by atoms with Crippen molar-refractivity contribution in [3.05, 3.63) is 69.7 Å². The minimum absolute atomic E-state index is 0.0807. The summed E-state index contributed by atoms with van der Waals surface area (Å²) in [5.41, 5.74) is -1.25. The summed E-state index contributed by atoms with van der Waals surface area (Å²) >= 11 is 5.71. The van der Waals surface area contributed by atoms with Crippen LogP contribution in [0.5, 0.6) is 0 Å². The van der Waals surface area contributed by atoms with Crippen LogP contribution in [-0.4, -0.2) is 49.7 Å². The number of hydrogen-bond acceptors (Lipinski definition) is 4. The third-order valence-electron chi connectivity index (χ3n) is 5.95. The summed E-state index contributed by atoms with van der Waals surface area (Å²) < 4.78 is 28.9. The average Bonchev–Trinajstić information content (AvgIpc) is 3.12. The van der Waals surface area contributed by atoms with Crippen molar-refractivity contribution in [3.63, 3.8) is 0 Å². The van der Waals surface area contributed by atoms with E-state index in [1.807, 2.05) is 0 Å². The number of carbonyl (C=O) groups is 4. The van der Waals surface area contributed by atoms with E-state index in [9.17, 15) is 28.0 Å². The Kier molecular flexibility index (Phi) is 6.01. The SMILES string of the molecule is [B]C1CC(=O)NC(=O)[C@@]1([B])N1Cc2cc(CNC(=O)C(F)(F)c3ccc(Cl)cc3)ccc2C1=O. The van der Waals surface area contributed by atoms with Gasteiger partial charge in [0, 0.05) is 35.7 Å². The molecule has 2 aliphatic rings. The van der Waals surface area contributed by atoms with Crippen molar-refractivity contribution in [2.45, 2.75) is 36.7 Å². The third-order valence-corrected chi connectivity index (χ3v) is 6.20. The Labute approximate surface area is 201 Å². The Balaban J connectivity index is 1.48. The van der Waals surface area contributed by atoms with E-state index in [2.05, 4.69) is 10.6 Å². The average molecular weight is 481 g/mol. The molecule has 2 aliphatic heterocycles. The lowest BCUT2D eigenvalue weighted by atomic mass is 9.56. The molecule has 1 fully saturated rings. The second kappa shape index (κ2) is 8.54. The fourth-order valence-corrected chi connectivity index (χ4v) is 4.12. The molecule has 2 heterocycles. The van der Waals surface area contributed by atoms with Crippen LogP contribution in [-0.2, 0) is 33.4 Å². The number of benzene rings is 2. The predicted molar refractivity (Wildman–Crippen MR) is 119 cm³/mol. The molecule has 0 aliphatic carbocycles. The lowest BCUT2D eigenvalue weighted by Gasteiger charge is -2.45. The first-order valence-corrected chi connectivity index (χ1v) is 10.6. The van der Waals surface area contributed by atoms with Crippen LogP contribution >= 0.6 is 11.6 Å². The van der Waals surface area contributed by atoms with Gasteiger partial charge in [-0.3, -0.25) is 24.5 Å². The molecule has 12 heteroatoms. The zero-order chi connectivity index (χ0) is 24.8. The molecule has 1 saturated heterocycles. The Bertz CT molecular complexity index is 1210. The van der Waals surface area contributed by atoms with Crippen molar-refractivity contribution in [2.24, 2.45) is 0 Å². The maximum atomic E-state index is 14.5. The van der Waals surface area contributed by atoms with Gasteiger partial charge in [0.2, 0.25) is 11.8 Å². The number of alkyl halides is 2. The number of fused-ring (bicyclic) bond motifs is 1. The molecule has 34 heavy (non-hydrogen) atoms. The fourth-order valence-electron chi connectivity index (χ4n) is 3.99. The first-order valence-electron chi connectivity index (χ1n) is 10.2. The minimum atomic E-state index is -3.78. The largest absolute Gasteiger partial charge is 0.349 e. The zero-order valence-electron chi connectivity index (χ0n) is 17.6. The van der Waals surface area contributed by atoms with E-state index in [0.29, 0.717) is 11.1 Å². The topological polar surface area (TPSA) is 95.6 Å². The number of hydrogen-bond donors (Lipinski definition) is 2.